The summed E-state index contributed by atoms with van der Waals surface area (Å²) in [6, 6.07) is 13.0. The second-order valence-corrected chi connectivity index (χ2v) is 6.47. The second-order valence-electron chi connectivity index (χ2n) is 5.71. The van der Waals surface area contributed by atoms with Crippen LogP contribution in [-0.2, 0) is 6.18 Å². The Morgan fingerprint density at radius 1 is 1.04 bits per heavy atom. The summed E-state index contributed by atoms with van der Waals surface area (Å²) in [7, 11) is 0. The van der Waals surface area contributed by atoms with E-state index in [0.29, 0.717) is 16.2 Å². The second kappa shape index (κ2) is 6.47. The van der Waals surface area contributed by atoms with Crippen LogP contribution in [0.1, 0.15) is 5.56 Å². The minimum absolute atomic E-state index is 0.122. The molecular formula is C18H10ClF3N4S. The lowest BCUT2D eigenvalue weighted by molar-refractivity contribution is -0.136. The zero-order valence-electron chi connectivity index (χ0n) is 13.5. The predicted molar refractivity (Wildman–Crippen MR) is 99.5 cm³/mol. The van der Waals surface area contributed by atoms with Crippen LogP contribution in [-0.4, -0.2) is 19.7 Å². The van der Waals surface area contributed by atoms with Gasteiger partial charge in [0.2, 0.25) is 0 Å². The maximum Gasteiger partial charge on any atom is 0.418 e. The van der Waals surface area contributed by atoms with Crippen molar-refractivity contribution in [1.29, 1.82) is 0 Å². The summed E-state index contributed by atoms with van der Waals surface area (Å²) >= 11 is 11.8. The first kappa shape index (κ1) is 17.7. The Bertz CT molecular complexity index is 1200. The summed E-state index contributed by atoms with van der Waals surface area (Å²) in [5.41, 5.74) is 0.0701. The Kier molecular flexibility index (Phi) is 4.24. The minimum Gasteiger partial charge on any atom is -0.268 e. The van der Waals surface area contributed by atoms with Crippen LogP contribution < -0.4 is 0 Å². The first-order valence-electron chi connectivity index (χ1n) is 7.75. The molecule has 0 atom stereocenters. The molecule has 0 aliphatic rings. The van der Waals surface area contributed by atoms with Crippen molar-refractivity contribution in [2.24, 2.45) is 0 Å². The summed E-state index contributed by atoms with van der Waals surface area (Å²) < 4.78 is 41.7. The van der Waals surface area contributed by atoms with Gasteiger partial charge in [-0.3, -0.25) is 14.6 Å². The smallest absolute Gasteiger partial charge is 0.268 e. The number of benzene rings is 2. The predicted octanol–water partition coefficient (Wildman–Crippen LogP) is 5.82. The topological polar surface area (TPSA) is 46.5 Å². The molecule has 9 heteroatoms. The number of para-hydroxylation sites is 2. The molecular weight excluding hydrogens is 397 g/mol. The molecule has 2 heterocycles. The number of hydrogen-bond acceptors (Lipinski definition) is 3. The van der Waals surface area contributed by atoms with Crippen molar-refractivity contribution >= 4 is 34.7 Å². The molecule has 1 N–H and O–H groups in total. The number of halogens is 4. The maximum atomic E-state index is 13.2. The molecule has 2 aromatic heterocycles. The van der Waals surface area contributed by atoms with Gasteiger partial charge in [-0.05, 0) is 30.4 Å². The monoisotopic (exact) mass is 406 g/mol. The van der Waals surface area contributed by atoms with Crippen molar-refractivity contribution < 1.29 is 13.2 Å². The molecule has 0 spiro atoms. The Morgan fingerprint density at radius 2 is 1.78 bits per heavy atom. The average Bonchev–Trinajstić information content (AvgIpc) is 3.03. The highest BCUT2D eigenvalue weighted by Gasteiger charge is 2.33. The van der Waals surface area contributed by atoms with Crippen LogP contribution in [0, 0.1) is 4.77 Å². The van der Waals surface area contributed by atoms with Crippen molar-refractivity contribution in [3.63, 3.8) is 0 Å². The van der Waals surface area contributed by atoms with Crippen LogP contribution >= 0.6 is 23.8 Å². The van der Waals surface area contributed by atoms with Gasteiger partial charge < -0.3 is 0 Å². The van der Waals surface area contributed by atoms with E-state index in [0.717, 1.165) is 11.8 Å². The van der Waals surface area contributed by atoms with Crippen LogP contribution in [0.2, 0.25) is 5.02 Å². The van der Waals surface area contributed by atoms with Crippen molar-refractivity contribution in [3.8, 4) is 17.1 Å². The molecule has 0 radical (unpaired) electrons. The SMILES string of the molecule is FC(F)(F)c1cccc2c(Cl)c(-c3n[nH]c(=S)n3-c3ccccc3)cnc12. The van der Waals surface area contributed by atoms with Crippen LogP contribution in [0.25, 0.3) is 28.0 Å². The van der Waals surface area contributed by atoms with Crippen LogP contribution in [0.4, 0.5) is 13.2 Å². The van der Waals surface area contributed by atoms with Gasteiger partial charge in [0, 0.05) is 17.3 Å². The number of nitrogens with one attached hydrogen (secondary N) is 1. The van der Waals surface area contributed by atoms with E-state index in [-0.39, 0.29) is 15.9 Å². The standard InChI is InChI=1S/C18H10ClF3N4S/c19-14-11-7-4-8-13(18(20,21)22)15(11)23-9-12(14)16-24-25-17(27)26(16)10-5-2-1-3-6-10/h1-9H,(H,25,27). The Hall–Kier alpha value is -2.71. The summed E-state index contributed by atoms with van der Waals surface area (Å²) in [6.07, 6.45) is -3.24. The van der Waals surface area contributed by atoms with E-state index in [1.165, 1.54) is 18.3 Å². The lowest BCUT2D eigenvalue weighted by Gasteiger charge is -2.13. The van der Waals surface area contributed by atoms with E-state index < -0.39 is 11.7 Å². The zero-order chi connectivity index (χ0) is 19.2. The Morgan fingerprint density at radius 3 is 2.48 bits per heavy atom. The van der Waals surface area contributed by atoms with Gasteiger partial charge in [-0.2, -0.15) is 18.3 Å². The van der Waals surface area contributed by atoms with Gasteiger partial charge in [0.05, 0.1) is 21.7 Å². The van der Waals surface area contributed by atoms with Crippen LogP contribution in [0.5, 0.6) is 0 Å². The Balaban J connectivity index is 1.98. The molecule has 0 saturated heterocycles. The highest BCUT2D eigenvalue weighted by Crippen LogP contribution is 2.39. The number of pyridine rings is 1. The molecule has 0 fully saturated rings. The number of rotatable bonds is 2. The number of alkyl halides is 3. The summed E-state index contributed by atoms with van der Waals surface area (Å²) in [5.74, 6) is 0.364. The minimum atomic E-state index is -4.53. The molecule has 27 heavy (non-hydrogen) atoms. The molecule has 136 valence electrons. The number of nitrogens with zero attached hydrogens (tertiary/aromatic N) is 3. The Labute approximate surface area is 161 Å². The molecule has 0 amide bonds. The quantitative estimate of drug-likeness (QED) is 0.427. The normalized spacial score (nSPS) is 11.9. The van der Waals surface area contributed by atoms with Gasteiger partial charge in [-0.25, -0.2) is 0 Å². The largest absolute Gasteiger partial charge is 0.418 e. The zero-order valence-corrected chi connectivity index (χ0v) is 15.0. The summed E-state index contributed by atoms with van der Waals surface area (Å²) in [5, 5.41) is 7.21. The van der Waals surface area contributed by atoms with E-state index in [4.69, 9.17) is 23.8 Å². The van der Waals surface area contributed by atoms with Gasteiger partial charge in [0.15, 0.2) is 10.6 Å². The first-order valence-corrected chi connectivity index (χ1v) is 8.54. The van der Waals surface area contributed by atoms with Crippen molar-refractivity contribution in [2.75, 3.05) is 0 Å². The fourth-order valence-electron chi connectivity index (χ4n) is 2.87. The molecule has 0 saturated carbocycles. The van der Waals surface area contributed by atoms with E-state index in [1.54, 1.807) is 4.57 Å². The van der Waals surface area contributed by atoms with Gasteiger partial charge in [0.25, 0.3) is 0 Å². The molecule has 2 aromatic carbocycles. The number of fused-ring (bicyclic) bond motifs is 1. The van der Waals surface area contributed by atoms with Crippen LogP contribution in [0.15, 0.2) is 54.7 Å². The molecule has 4 nitrogen and oxygen atoms in total. The lowest BCUT2D eigenvalue weighted by Crippen LogP contribution is -2.07. The highest BCUT2D eigenvalue weighted by atomic mass is 35.5. The fraction of sp³-hybridized carbons (Fsp3) is 0.0556. The van der Waals surface area contributed by atoms with E-state index in [1.807, 2.05) is 30.3 Å². The number of H-pyrrole nitrogens is 1. The summed E-state index contributed by atoms with van der Waals surface area (Å²) in [4.78, 5) is 4.02. The molecule has 4 rings (SSSR count). The van der Waals surface area contributed by atoms with E-state index in [9.17, 15) is 13.2 Å². The lowest BCUT2D eigenvalue weighted by atomic mass is 10.1. The molecule has 0 bridgehead atoms. The third-order valence-electron chi connectivity index (χ3n) is 4.06. The fourth-order valence-corrected chi connectivity index (χ4v) is 3.39. The summed E-state index contributed by atoms with van der Waals surface area (Å²) in [6.45, 7) is 0. The number of hydrogen-bond donors (Lipinski definition) is 1. The molecule has 0 unspecified atom stereocenters. The van der Waals surface area contributed by atoms with Crippen LogP contribution in [0.3, 0.4) is 0 Å². The van der Waals surface area contributed by atoms with Crippen molar-refractivity contribution in [3.05, 3.63) is 70.1 Å². The molecule has 0 aliphatic heterocycles. The number of aromatic amines is 1. The first-order chi connectivity index (χ1) is 12.9. The third kappa shape index (κ3) is 3.00. The van der Waals surface area contributed by atoms with Gasteiger partial charge >= 0.3 is 6.18 Å². The highest BCUT2D eigenvalue weighted by molar-refractivity contribution is 7.71. The van der Waals surface area contributed by atoms with Crippen molar-refractivity contribution in [1.82, 2.24) is 19.7 Å². The number of aromatic nitrogens is 4. The average molecular weight is 407 g/mol. The molecule has 0 aliphatic carbocycles. The van der Waals surface area contributed by atoms with Gasteiger partial charge in [-0.15, -0.1) is 0 Å². The van der Waals surface area contributed by atoms with Gasteiger partial charge in [-0.1, -0.05) is 41.9 Å². The van der Waals surface area contributed by atoms with Gasteiger partial charge in [0.1, 0.15) is 0 Å². The maximum absolute atomic E-state index is 13.2. The van der Waals surface area contributed by atoms with Crippen molar-refractivity contribution in [2.45, 2.75) is 6.18 Å². The third-order valence-corrected chi connectivity index (χ3v) is 4.75. The van der Waals surface area contributed by atoms with E-state index in [2.05, 4.69) is 15.2 Å². The van der Waals surface area contributed by atoms with E-state index >= 15 is 0 Å². The molecule has 4 aromatic rings.